The van der Waals surface area contributed by atoms with Gasteiger partial charge in [0, 0.05) is 17.7 Å². The third-order valence-electron chi connectivity index (χ3n) is 3.41. The molecule has 0 aliphatic rings. The molecule has 5 heteroatoms. The number of hydrogen-bond acceptors (Lipinski definition) is 4. The Morgan fingerprint density at radius 2 is 1.78 bits per heavy atom. The van der Waals surface area contributed by atoms with Crippen LogP contribution in [0, 0.1) is 11.3 Å². The average molecular weight is 310 g/mol. The third-order valence-corrected chi connectivity index (χ3v) is 3.41. The van der Waals surface area contributed by atoms with Crippen LogP contribution < -0.4 is 14.8 Å². The van der Waals surface area contributed by atoms with E-state index in [9.17, 15) is 4.79 Å². The molecule has 0 saturated heterocycles. The van der Waals surface area contributed by atoms with Crippen LogP contribution in [0.1, 0.15) is 17.5 Å². The Morgan fingerprint density at radius 3 is 2.39 bits per heavy atom. The lowest BCUT2D eigenvalue weighted by Gasteiger charge is -2.13. The Labute approximate surface area is 135 Å². The Bertz CT molecular complexity index is 713. The molecule has 1 N–H and O–H groups in total. The van der Waals surface area contributed by atoms with Gasteiger partial charge >= 0.3 is 0 Å². The lowest BCUT2D eigenvalue weighted by atomic mass is 10.1. The molecule has 0 spiro atoms. The van der Waals surface area contributed by atoms with Gasteiger partial charge < -0.3 is 14.8 Å². The summed E-state index contributed by atoms with van der Waals surface area (Å²) >= 11 is 0. The number of nitrogens with zero attached hydrogens (tertiary/aromatic N) is 1. The first-order valence-electron chi connectivity index (χ1n) is 7.17. The van der Waals surface area contributed by atoms with Gasteiger partial charge in [-0.15, -0.1) is 0 Å². The fourth-order valence-electron chi connectivity index (χ4n) is 2.30. The molecule has 2 rings (SSSR count). The lowest BCUT2D eigenvalue weighted by Crippen LogP contribution is -2.13. The van der Waals surface area contributed by atoms with Gasteiger partial charge in [-0.2, -0.15) is 5.26 Å². The first-order chi connectivity index (χ1) is 11.2. The minimum atomic E-state index is -0.131. The second-order valence-corrected chi connectivity index (χ2v) is 4.88. The number of hydrogen-bond donors (Lipinski definition) is 1. The van der Waals surface area contributed by atoms with Crippen molar-refractivity contribution in [3.05, 3.63) is 53.6 Å². The number of benzene rings is 2. The van der Waals surface area contributed by atoms with Crippen molar-refractivity contribution in [3.8, 4) is 17.6 Å². The van der Waals surface area contributed by atoms with Crippen LogP contribution in [0.5, 0.6) is 11.5 Å². The number of carbonyl (C=O) groups excluding carboxylic acids is 1. The van der Waals surface area contributed by atoms with Crippen LogP contribution in [-0.4, -0.2) is 20.1 Å². The highest BCUT2D eigenvalue weighted by Gasteiger charge is 2.12. The SMILES string of the molecule is COc1cccc(OC)c1CCC(=O)Nc1cccc(C#N)c1. The molecule has 0 saturated carbocycles. The van der Waals surface area contributed by atoms with Crippen molar-refractivity contribution in [2.75, 3.05) is 19.5 Å². The second kappa shape index (κ2) is 7.85. The summed E-state index contributed by atoms with van der Waals surface area (Å²) in [5.74, 6) is 1.26. The number of ether oxygens (including phenoxy) is 2. The molecule has 0 aliphatic carbocycles. The van der Waals surface area contributed by atoms with Crippen molar-refractivity contribution in [1.29, 1.82) is 5.26 Å². The molecule has 5 nitrogen and oxygen atoms in total. The molecule has 0 fully saturated rings. The van der Waals surface area contributed by atoms with Crippen molar-refractivity contribution in [3.63, 3.8) is 0 Å². The van der Waals surface area contributed by atoms with Crippen molar-refractivity contribution in [1.82, 2.24) is 0 Å². The van der Waals surface area contributed by atoms with Gasteiger partial charge in [-0.05, 0) is 36.8 Å². The van der Waals surface area contributed by atoms with Gasteiger partial charge in [0.2, 0.25) is 5.91 Å². The van der Waals surface area contributed by atoms with E-state index >= 15 is 0 Å². The molecule has 0 heterocycles. The molecule has 0 aliphatic heterocycles. The summed E-state index contributed by atoms with van der Waals surface area (Å²) in [6.07, 6.45) is 0.782. The molecule has 23 heavy (non-hydrogen) atoms. The molecule has 2 aromatic carbocycles. The van der Waals surface area contributed by atoms with Crippen LogP contribution in [0.15, 0.2) is 42.5 Å². The molecule has 0 unspecified atom stereocenters. The van der Waals surface area contributed by atoms with Gasteiger partial charge in [0.25, 0.3) is 0 Å². The Morgan fingerprint density at radius 1 is 1.13 bits per heavy atom. The summed E-state index contributed by atoms with van der Waals surface area (Å²) in [7, 11) is 3.18. The predicted molar refractivity (Wildman–Crippen MR) is 87.7 cm³/mol. The quantitative estimate of drug-likeness (QED) is 0.889. The first kappa shape index (κ1) is 16.4. The van der Waals surface area contributed by atoms with E-state index in [4.69, 9.17) is 14.7 Å². The normalized spacial score (nSPS) is 9.78. The fraction of sp³-hybridized carbons (Fsp3) is 0.222. The van der Waals surface area contributed by atoms with Gasteiger partial charge in [0.1, 0.15) is 11.5 Å². The summed E-state index contributed by atoms with van der Waals surface area (Å²) < 4.78 is 10.6. The number of rotatable bonds is 6. The lowest BCUT2D eigenvalue weighted by molar-refractivity contribution is -0.116. The number of nitriles is 1. The zero-order valence-electron chi connectivity index (χ0n) is 13.1. The maximum atomic E-state index is 12.1. The van der Waals surface area contributed by atoms with Crippen LogP contribution in [0.25, 0.3) is 0 Å². The minimum absolute atomic E-state index is 0.131. The molecular formula is C18H18N2O3. The predicted octanol–water partition coefficient (Wildman–Crippen LogP) is 3.15. The minimum Gasteiger partial charge on any atom is -0.496 e. The van der Waals surface area contributed by atoms with Gasteiger partial charge in [0.05, 0.1) is 25.9 Å². The summed E-state index contributed by atoms with van der Waals surface area (Å²) in [5.41, 5.74) is 1.98. The van der Waals surface area contributed by atoms with Gasteiger partial charge in [-0.25, -0.2) is 0 Å². The number of nitrogens with one attached hydrogen (secondary N) is 1. The van der Waals surface area contributed by atoms with Crippen molar-refractivity contribution in [2.24, 2.45) is 0 Å². The van der Waals surface area contributed by atoms with Crippen LogP contribution in [0.2, 0.25) is 0 Å². The molecule has 0 bridgehead atoms. The molecule has 0 atom stereocenters. The monoisotopic (exact) mass is 310 g/mol. The fourth-order valence-corrected chi connectivity index (χ4v) is 2.30. The van der Waals surface area contributed by atoms with E-state index < -0.39 is 0 Å². The molecule has 0 radical (unpaired) electrons. The molecule has 0 aromatic heterocycles. The average Bonchev–Trinajstić information content (AvgIpc) is 2.59. The number of carbonyl (C=O) groups is 1. The molecule has 118 valence electrons. The molecular weight excluding hydrogens is 292 g/mol. The Hall–Kier alpha value is -3.00. The zero-order valence-corrected chi connectivity index (χ0v) is 13.1. The third kappa shape index (κ3) is 4.24. The highest BCUT2D eigenvalue weighted by atomic mass is 16.5. The maximum absolute atomic E-state index is 12.1. The van der Waals surface area contributed by atoms with Crippen LogP contribution in [-0.2, 0) is 11.2 Å². The van der Waals surface area contributed by atoms with E-state index in [1.807, 2.05) is 24.3 Å². The van der Waals surface area contributed by atoms with Gasteiger partial charge in [-0.1, -0.05) is 12.1 Å². The summed E-state index contributed by atoms with van der Waals surface area (Å²) in [5, 5.41) is 11.7. The van der Waals surface area contributed by atoms with Gasteiger partial charge in [-0.3, -0.25) is 4.79 Å². The summed E-state index contributed by atoms with van der Waals surface area (Å²) in [6.45, 7) is 0. The van der Waals surface area contributed by atoms with Crippen LogP contribution in [0.3, 0.4) is 0 Å². The molecule has 2 aromatic rings. The highest BCUT2D eigenvalue weighted by Crippen LogP contribution is 2.29. The second-order valence-electron chi connectivity index (χ2n) is 4.88. The highest BCUT2D eigenvalue weighted by molar-refractivity contribution is 5.91. The van der Waals surface area contributed by atoms with Crippen LogP contribution >= 0.6 is 0 Å². The summed E-state index contributed by atoms with van der Waals surface area (Å²) in [4.78, 5) is 12.1. The standard InChI is InChI=1S/C18H18N2O3/c1-22-16-7-4-8-17(23-2)15(16)9-10-18(21)20-14-6-3-5-13(11-14)12-19/h3-8,11H,9-10H2,1-2H3,(H,20,21). The van der Waals surface area contributed by atoms with Crippen molar-refractivity contribution in [2.45, 2.75) is 12.8 Å². The van der Waals surface area contributed by atoms with Gasteiger partial charge in [0.15, 0.2) is 0 Å². The topological polar surface area (TPSA) is 71.3 Å². The molecule has 1 amide bonds. The van der Waals surface area contributed by atoms with E-state index in [0.29, 0.717) is 29.2 Å². The van der Waals surface area contributed by atoms with E-state index in [1.165, 1.54) is 0 Å². The Balaban J connectivity index is 2.03. The number of amides is 1. The van der Waals surface area contributed by atoms with E-state index in [-0.39, 0.29) is 12.3 Å². The Kier molecular flexibility index (Phi) is 5.59. The smallest absolute Gasteiger partial charge is 0.224 e. The van der Waals surface area contributed by atoms with Crippen molar-refractivity contribution < 1.29 is 14.3 Å². The van der Waals surface area contributed by atoms with E-state index in [0.717, 1.165) is 5.56 Å². The van der Waals surface area contributed by atoms with Crippen LogP contribution in [0.4, 0.5) is 5.69 Å². The van der Waals surface area contributed by atoms with E-state index in [2.05, 4.69) is 5.32 Å². The summed E-state index contributed by atoms with van der Waals surface area (Å²) in [6, 6.07) is 14.4. The number of anilines is 1. The maximum Gasteiger partial charge on any atom is 0.224 e. The zero-order chi connectivity index (χ0) is 16.7. The first-order valence-corrected chi connectivity index (χ1v) is 7.17. The largest absolute Gasteiger partial charge is 0.496 e. The number of methoxy groups -OCH3 is 2. The van der Waals surface area contributed by atoms with E-state index in [1.54, 1.807) is 38.5 Å². The van der Waals surface area contributed by atoms with Crippen molar-refractivity contribution >= 4 is 11.6 Å².